The Morgan fingerprint density at radius 3 is 2.46 bits per heavy atom. The van der Waals surface area contributed by atoms with Gasteiger partial charge in [0.25, 0.3) is 0 Å². The van der Waals surface area contributed by atoms with Gasteiger partial charge in [-0.3, -0.25) is 4.79 Å². The Morgan fingerprint density at radius 1 is 1.11 bits per heavy atom. The van der Waals surface area contributed by atoms with E-state index in [9.17, 15) is 9.90 Å². The molecule has 0 spiro atoms. The van der Waals surface area contributed by atoms with Crippen LogP contribution in [0.2, 0.25) is 10.0 Å². The summed E-state index contributed by atoms with van der Waals surface area (Å²) >= 11 is 12.3. The van der Waals surface area contributed by atoms with Crippen LogP contribution in [0, 0.1) is 13.8 Å². The predicted octanol–water partition coefficient (Wildman–Crippen LogP) is 5.10. The molecule has 0 saturated carbocycles. The number of aryl methyl sites for hydroxylation is 2. The van der Waals surface area contributed by atoms with Gasteiger partial charge in [0.05, 0.1) is 16.5 Å². The summed E-state index contributed by atoms with van der Waals surface area (Å²) in [6.07, 6.45) is 2.81. The number of nitrogens with zero attached hydrogens (tertiary/aromatic N) is 1. The fraction of sp³-hybridized carbons (Fsp3) is 0.435. The molecular formula is C23H27Cl2NO2. The zero-order valence-corrected chi connectivity index (χ0v) is 18.0. The topological polar surface area (TPSA) is 40.5 Å². The predicted molar refractivity (Wildman–Crippen MR) is 115 cm³/mol. The molecule has 0 aromatic heterocycles. The van der Waals surface area contributed by atoms with E-state index in [1.807, 2.05) is 17.0 Å². The summed E-state index contributed by atoms with van der Waals surface area (Å²) in [5.41, 5.74) is 4.15. The first-order chi connectivity index (χ1) is 13.3. The third kappa shape index (κ3) is 4.71. The summed E-state index contributed by atoms with van der Waals surface area (Å²) in [4.78, 5) is 15.0. The van der Waals surface area contributed by atoms with Gasteiger partial charge in [-0.25, -0.2) is 0 Å². The van der Waals surface area contributed by atoms with Crippen LogP contribution < -0.4 is 0 Å². The number of halogens is 2. The third-order valence-electron chi connectivity index (χ3n) is 5.69. The summed E-state index contributed by atoms with van der Waals surface area (Å²) in [5.74, 6) is 0.132. The van der Waals surface area contributed by atoms with Gasteiger partial charge in [-0.1, -0.05) is 58.6 Å². The van der Waals surface area contributed by atoms with Gasteiger partial charge in [0.15, 0.2) is 0 Å². The molecule has 1 fully saturated rings. The summed E-state index contributed by atoms with van der Waals surface area (Å²) in [6, 6.07) is 11.9. The van der Waals surface area contributed by atoms with Crippen LogP contribution in [0.1, 0.15) is 41.5 Å². The number of benzene rings is 2. The lowest BCUT2D eigenvalue weighted by Gasteiger charge is -2.43. The largest absolute Gasteiger partial charge is 0.396 e. The zero-order chi connectivity index (χ0) is 20.3. The number of piperidine rings is 1. The molecule has 5 heteroatoms. The van der Waals surface area contributed by atoms with E-state index in [0.717, 1.165) is 30.5 Å². The molecule has 1 amide bonds. The minimum atomic E-state index is -0.292. The van der Waals surface area contributed by atoms with E-state index in [1.54, 1.807) is 6.07 Å². The number of carbonyl (C=O) groups is 1. The molecule has 1 heterocycles. The van der Waals surface area contributed by atoms with Crippen molar-refractivity contribution in [3.05, 3.63) is 68.7 Å². The van der Waals surface area contributed by atoms with Gasteiger partial charge >= 0.3 is 0 Å². The van der Waals surface area contributed by atoms with Crippen molar-refractivity contribution in [1.29, 1.82) is 0 Å². The average molecular weight is 420 g/mol. The van der Waals surface area contributed by atoms with Crippen molar-refractivity contribution in [2.75, 3.05) is 19.7 Å². The Bertz CT molecular complexity index is 843. The maximum absolute atomic E-state index is 13.1. The minimum absolute atomic E-state index is 0.0688. The van der Waals surface area contributed by atoms with Crippen LogP contribution in [0.15, 0.2) is 36.4 Å². The van der Waals surface area contributed by atoms with Crippen molar-refractivity contribution >= 4 is 29.1 Å². The first kappa shape index (κ1) is 21.2. The van der Waals surface area contributed by atoms with E-state index in [1.165, 1.54) is 11.1 Å². The highest BCUT2D eigenvalue weighted by atomic mass is 35.5. The average Bonchev–Trinajstić information content (AvgIpc) is 2.63. The molecule has 2 aromatic carbocycles. The number of hydrogen-bond donors (Lipinski definition) is 1. The van der Waals surface area contributed by atoms with Crippen LogP contribution >= 0.6 is 23.2 Å². The van der Waals surface area contributed by atoms with Gasteiger partial charge in [0.2, 0.25) is 5.91 Å². The fourth-order valence-corrected chi connectivity index (χ4v) is 4.72. The van der Waals surface area contributed by atoms with Gasteiger partial charge in [-0.2, -0.15) is 0 Å². The van der Waals surface area contributed by atoms with Gasteiger partial charge in [0, 0.05) is 25.1 Å². The lowest BCUT2D eigenvalue weighted by molar-refractivity contribution is -0.133. The minimum Gasteiger partial charge on any atom is -0.396 e. The number of aliphatic hydroxyl groups is 1. The quantitative estimate of drug-likeness (QED) is 0.732. The second kappa shape index (κ2) is 8.86. The smallest absolute Gasteiger partial charge is 0.227 e. The highest BCUT2D eigenvalue weighted by Crippen LogP contribution is 2.39. The molecule has 150 valence electrons. The molecule has 1 unspecified atom stereocenters. The second-order valence-corrected chi connectivity index (χ2v) is 8.79. The molecule has 0 bridgehead atoms. The Balaban J connectivity index is 1.83. The van der Waals surface area contributed by atoms with Gasteiger partial charge < -0.3 is 10.0 Å². The van der Waals surface area contributed by atoms with E-state index < -0.39 is 0 Å². The number of aliphatic hydroxyl groups excluding tert-OH is 1. The van der Waals surface area contributed by atoms with Crippen LogP contribution in [-0.2, 0) is 16.6 Å². The van der Waals surface area contributed by atoms with Crippen molar-refractivity contribution in [2.45, 2.75) is 44.9 Å². The molecule has 1 aliphatic rings. The van der Waals surface area contributed by atoms with E-state index in [2.05, 4.69) is 32.0 Å². The molecular weight excluding hydrogens is 393 g/mol. The Morgan fingerprint density at radius 2 is 1.82 bits per heavy atom. The first-order valence-electron chi connectivity index (χ1n) is 9.74. The molecule has 28 heavy (non-hydrogen) atoms. The molecule has 0 aliphatic carbocycles. The maximum Gasteiger partial charge on any atom is 0.227 e. The van der Waals surface area contributed by atoms with Crippen molar-refractivity contribution in [3.8, 4) is 0 Å². The molecule has 1 saturated heterocycles. The fourth-order valence-electron chi connectivity index (χ4n) is 4.43. The number of hydrogen-bond acceptors (Lipinski definition) is 2. The van der Waals surface area contributed by atoms with Crippen molar-refractivity contribution in [1.82, 2.24) is 4.90 Å². The molecule has 1 N–H and O–H groups in total. The number of carbonyl (C=O) groups excluding carboxylic acids is 1. The Hall–Kier alpha value is -1.55. The van der Waals surface area contributed by atoms with Crippen molar-refractivity contribution in [2.24, 2.45) is 0 Å². The summed E-state index contributed by atoms with van der Waals surface area (Å²) in [7, 11) is 0. The SMILES string of the molecule is Cc1cc(C)cc(CC(=O)N2CCCC(CCO)(c3ccc(Cl)c(Cl)c3)C2)c1. The van der Waals surface area contributed by atoms with Crippen molar-refractivity contribution < 1.29 is 9.90 Å². The Kier molecular flexibility index (Phi) is 6.69. The van der Waals surface area contributed by atoms with Gasteiger partial charge in [0.1, 0.15) is 0 Å². The van der Waals surface area contributed by atoms with E-state index in [4.69, 9.17) is 23.2 Å². The number of rotatable bonds is 5. The van der Waals surface area contributed by atoms with E-state index >= 15 is 0 Å². The zero-order valence-electron chi connectivity index (χ0n) is 16.5. The number of amides is 1. The molecule has 2 aromatic rings. The number of likely N-dealkylation sites (tertiary alicyclic amines) is 1. The third-order valence-corrected chi connectivity index (χ3v) is 6.43. The van der Waals surface area contributed by atoms with Crippen LogP contribution in [0.4, 0.5) is 0 Å². The summed E-state index contributed by atoms with van der Waals surface area (Å²) in [6.45, 7) is 5.52. The van der Waals surface area contributed by atoms with Crippen LogP contribution in [-0.4, -0.2) is 35.6 Å². The molecule has 0 radical (unpaired) electrons. The molecule has 1 aliphatic heterocycles. The van der Waals surface area contributed by atoms with Crippen LogP contribution in [0.3, 0.4) is 0 Å². The second-order valence-electron chi connectivity index (χ2n) is 7.97. The standard InChI is InChI=1S/C23H27Cl2NO2/c1-16-10-17(2)12-18(11-16)13-22(28)26-8-3-6-23(15-26,7-9-27)19-4-5-20(24)21(25)14-19/h4-5,10-12,14,27H,3,6-9,13,15H2,1-2H3. The Labute approximate surface area is 177 Å². The maximum atomic E-state index is 13.1. The molecule has 3 rings (SSSR count). The van der Waals surface area contributed by atoms with E-state index in [-0.39, 0.29) is 17.9 Å². The van der Waals surface area contributed by atoms with Gasteiger partial charge in [-0.05, 0) is 56.4 Å². The highest BCUT2D eigenvalue weighted by molar-refractivity contribution is 6.42. The highest BCUT2D eigenvalue weighted by Gasteiger charge is 2.38. The molecule has 3 nitrogen and oxygen atoms in total. The normalized spacial score (nSPS) is 19.7. The van der Waals surface area contributed by atoms with Gasteiger partial charge in [-0.15, -0.1) is 0 Å². The van der Waals surface area contributed by atoms with Crippen molar-refractivity contribution in [3.63, 3.8) is 0 Å². The lowest BCUT2D eigenvalue weighted by Crippen LogP contribution is -2.49. The monoisotopic (exact) mass is 419 g/mol. The lowest BCUT2D eigenvalue weighted by atomic mass is 9.72. The van der Waals surface area contributed by atoms with Crippen LogP contribution in [0.25, 0.3) is 0 Å². The summed E-state index contributed by atoms with van der Waals surface area (Å²) in [5, 5.41) is 10.8. The first-order valence-corrected chi connectivity index (χ1v) is 10.5. The van der Waals surface area contributed by atoms with E-state index in [0.29, 0.717) is 29.4 Å². The van der Waals surface area contributed by atoms with Crippen LogP contribution in [0.5, 0.6) is 0 Å². The molecule has 1 atom stereocenters. The summed E-state index contributed by atoms with van der Waals surface area (Å²) < 4.78 is 0.